The van der Waals surface area contributed by atoms with Gasteiger partial charge in [0.15, 0.2) is 0 Å². The molecule has 0 aliphatic carbocycles. The molecule has 0 unspecified atom stereocenters. The highest BCUT2D eigenvalue weighted by molar-refractivity contribution is 6.00. The van der Waals surface area contributed by atoms with Crippen LogP contribution in [0, 0.1) is 0 Å². The molecule has 28 heteroatoms. The van der Waals surface area contributed by atoms with Crippen LogP contribution in [0.25, 0.3) is 88.4 Å². The number of benzene rings is 4. The average molecular weight is 1660 g/mol. The summed E-state index contributed by atoms with van der Waals surface area (Å²) in [6, 6.07) is 35.1. The lowest BCUT2D eigenvalue weighted by molar-refractivity contribution is -0.130. The summed E-state index contributed by atoms with van der Waals surface area (Å²) in [4.78, 5) is 75.1. The molecule has 0 N–H and O–H groups in total. The Labute approximate surface area is 716 Å². The fourth-order valence-electron chi connectivity index (χ4n) is 20.1. The second kappa shape index (κ2) is 35.9. The van der Waals surface area contributed by atoms with Gasteiger partial charge in [-0.1, -0.05) is 66.7 Å². The molecule has 0 spiro atoms. The molecule has 640 valence electrons. The Kier molecular flexibility index (Phi) is 23.7. The normalized spacial score (nSPS) is 18.6. The van der Waals surface area contributed by atoms with Crippen molar-refractivity contribution < 1.29 is 42.9 Å². The predicted octanol–water partition coefficient (Wildman–Crippen LogP) is 13.2. The largest absolute Gasteiger partial charge is 0.381 e. The van der Waals surface area contributed by atoms with Gasteiger partial charge in [0.05, 0.1) is 71.2 Å². The molecule has 0 atom stereocenters. The Morgan fingerprint density at radius 2 is 0.683 bits per heavy atom. The standard InChI is InChI=1S/C26H31N5O3.C26H31N5O2.C22H24N4O2.C21H25N5O2/c1-18(32)30-8-5-24-23(17-30)26(28-31(24)20-6-11-33-12-7-20)21-4-2-3-19-15-25(27-16-22(19)21)29-9-13-34-14-10-29;1-18(32)30-12-7-24-23(17-30)26(28-31(24)20-8-13-33-14-9-20)21-6-4-5-19-15-25(27-16-22(19)21)29-10-2-3-11-29;1-15(27)25-11-7-21-19(14-25)22(24-26(21)16-8-12-28-13-9-16)18-6-10-23-20-5-3-2-4-17(18)20;1-14(27)25-9-6-20-18(13-25)21(23-26(20)15-7-10-28-11-8-15)16-4-3-5-19-17(16)12-24(2)22-19/h2-4,15-16,20H,5-14,17H2,1H3;4-6,15-16,20H,2-3,7-14,17H2,1H3;2-6,10,16H,7-9,11-14H2,1H3;3-5,12,15H,6-11,13H2,1-2H3. The summed E-state index contributed by atoms with van der Waals surface area (Å²) >= 11 is 0. The molecule has 10 aliphatic rings. The van der Waals surface area contributed by atoms with Gasteiger partial charge in [-0.15, -0.1) is 0 Å². The molecule has 0 radical (unpaired) electrons. The summed E-state index contributed by atoms with van der Waals surface area (Å²) in [6.45, 7) is 23.7. The molecule has 10 aliphatic heterocycles. The van der Waals surface area contributed by atoms with Crippen molar-refractivity contribution in [3.8, 4) is 45.0 Å². The number of ether oxygens (including phenoxy) is 5. The van der Waals surface area contributed by atoms with Crippen molar-refractivity contribution in [1.29, 1.82) is 0 Å². The Balaban J connectivity index is 0.000000108. The third-order valence-electron chi connectivity index (χ3n) is 26.9. The first-order valence-corrected chi connectivity index (χ1v) is 44.6. The first-order valence-electron chi connectivity index (χ1n) is 44.6. The monoisotopic (exact) mass is 1660 g/mol. The third kappa shape index (κ3) is 16.6. The summed E-state index contributed by atoms with van der Waals surface area (Å²) in [5, 5.41) is 32.0. The van der Waals surface area contributed by atoms with Crippen LogP contribution in [0.1, 0.15) is 161 Å². The molecular weight excluding hydrogens is 1550 g/mol. The molecule has 4 amide bonds. The highest BCUT2D eigenvalue weighted by Gasteiger charge is 2.37. The number of nitrogens with zero attached hydrogens (tertiary/aromatic N) is 19. The molecule has 8 aromatic heterocycles. The number of rotatable bonds is 10. The molecular formula is C95H111N19O9. The van der Waals surface area contributed by atoms with E-state index in [-0.39, 0.29) is 23.6 Å². The van der Waals surface area contributed by atoms with Crippen molar-refractivity contribution in [1.82, 2.24) is 83.5 Å². The van der Waals surface area contributed by atoms with Crippen molar-refractivity contribution in [2.75, 3.05) is 128 Å². The van der Waals surface area contributed by atoms with Gasteiger partial charge in [0, 0.05) is 305 Å². The van der Waals surface area contributed by atoms with E-state index in [0.29, 0.717) is 50.3 Å². The molecule has 6 saturated heterocycles. The summed E-state index contributed by atoms with van der Waals surface area (Å²) in [5.74, 6) is 2.54. The highest BCUT2D eigenvalue weighted by Crippen LogP contribution is 2.44. The zero-order valence-corrected chi connectivity index (χ0v) is 71.5. The predicted molar refractivity (Wildman–Crippen MR) is 471 cm³/mol. The number of anilines is 2. The van der Waals surface area contributed by atoms with Crippen LogP contribution in [0.15, 0.2) is 122 Å². The first kappa shape index (κ1) is 81.4. The lowest BCUT2D eigenvalue weighted by Gasteiger charge is -2.29. The number of aryl methyl sites for hydroxylation is 1. The van der Waals surface area contributed by atoms with E-state index in [1.807, 2.05) is 86.3 Å². The van der Waals surface area contributed by atoms with E-state index in [0.717, 1.165) is 290 Å². The first-order chi connectivity index (χ1) is 60.2. The van der Waals surface area contributed by atoms with E-state index in [9.17, 15) is 19.2 Å². The van der Waals surface area contributed by atoms with Crippen LogP contribution in [0.2, 0.25) is 0 Å². The number of pyridine rings is 3. The van der Waals surface area contributed by atoms with Crippen LogP contribution in [-0.2, 0) is 102 Å². The number of carbonyl (C=O) groups excluding carboxylic acids is 4. The number of aromatic nitrogens is 13. The van der Waals surface area contributed by atoms with Crippen LogP contribution in [0.5, 0.6) is 0 Å². The summed E-state index contributed by atoms with van der Waals surface area (Å²) in [7, 11) is 1.94. The van der Waals surface area contributed by atoms with Crippen molar-refractivity contribution in [2.45, 2.75) is 168 Å². The molecule has 28 nitrogen and oxygen atoms in total. The van der Waals surface area contributed by atoms with Gasteiger partial charge in [0.1, 0.15) is 11.6 Å². The Bertz CT molecular complexity index is 5900. The lowest BCUT2D eigenvalue weighted by Crippen LogP contribution is -2.36. The topological polar surface area (TPSA) is 262 Å². The summed E-state index contributed by atoms with van der Waals surface area (Å²) in [6.07, 6.45) is 21.6. The average Bonchev–Trinajstić information content (AvgIpc) is 1.62. The minimum absolute atomic E-state index is 0.116. The van der Waals surface area contributed by atoms with E-state index < -0.39 is 0 Å². The number of fused-ring (bicyclic) bond motifs is 8. The van der Waals surface area contributed by atoms with Crippen LogP contribution in [-0.4, -0.2) is 226 Å². The van der Waals surface area contributed by atoms with Crippen molar-refractivity contribution in [3.05, 3.63) is 167 Å². The van der Waals surface area contributed by atoms with Crippen molar-refractivity contribution >= 4 is 78.6 Å². The minimum Gasteiger partial charge on any atom is -0.381 e. The number of morpholine rings is 1. The summed E-state index contributed by atoms with van der Waals surface area (Å²) in [5.41, 5.74) is 20.2. The molecule has 18 heterocycles. The molecule has 6 fully saturated rings. The van der Waals surface area contributed by atoms with E-state index >= 15 is 0 Å². The van der Waals surface area contributed by atoms with E-state index in [1.54, 1.807) is 27.7 Å². The number of para-hydroxylation sites is 1. The fourth-order valence-corrected chi connectivity index (χ4v) is 20.1. The minimum atomic E-state index is 0.116. The van der Waals surface area contributed by atoms with Crippen LogP contribution >= 0.6 is 0 Å². The molecule has 12 aromatic rings. The number of hydrogen-bond acceptors (Lipinski definition) is 19. The van der Waals surface area contributed by atoms with Gasteiger partial charge in [0.2, 0.25) is 23.6 Å². The highest BCUT2D eigenvalue weighted by atomic mass is 16.5. The van der Waals surface area contributed by atoms with Crippen molar-refractivity contribution in [2.24, 2.45) is 7.05 Å². The quantitative estimate of drug-likeness (QED) is 0.123. The van der Waals surface area contributed by atoms with Crippen LogP contribution < -0.4 is 9.80 Å². The number of hydrogen-bond donors (Lipinski definition) is 0. The molecule has 0 saturated carbocycles. The maximum atomic E-state index is 12.2. The maximum Gasteiger partial charge on any atom is 0.219 e. The van der Waals surface area contributed by atoms with Gasteiger partial charge in [-0.05, 0) is 105 Å². The van der Waals surface area contributed by atoms with Gasteiger partial charge in [0.25, 0.3) is 0 Å². The van der Waals surface area contributed by atoms with E-state index in [4.69, 9.17) is 54.0 Å². The smallest absolute Gasteiger partial charge is 0.219 e. The third-order valence-corrected chi connectivity index (χ3v) is 26.9. The Morgan fingerprint density at radius 1 is 0.341 bits per heavy atom. The van der Waals surface area contributed by atoms with E-state index in [1.165, 1.54) is 63.3 Å². The number of carbonyl (C=O) groups is 4. The molecule has 123 heavy (non-hydrogen) atoms. The van der Waals surface area contributed by atoms with Gasteiger partial charge >= 0.3 is 0 Å². The summed E-state index contributed by atoms with van der Waals surface area (Å²) < 4.78 is 38.7. The fraction of sp³-hybridized carbons (Fsp3) is 0.474. The SMILES string of the molecule is CC(=O)N1CCc2c(c(-c3cccc4cc(N5CCCC5)ncc34)nn2C2CCOCC2)C1.CC(=O)N1CCc2c(c(-c3cccc4cc(N5CCOCC5)ncc34)nn2C2CCOCC2)C1.CC(=O)N1CCc2c(c(-c3cccc4nn(C)cc34)nn2C2CCOCC2)C1.CC(=O)N1CCc2c(c(-c3ccnc4ccccc34)nn2C2CCOCC2)C1. The second-order valence-electron chi connectivity index (χ2n) is 34.4. The zero-order valence-electron chi connectivity index (χ0n) is 71.5. The second-order valence-corrected chi connectivity index (χ2v) is 34.4. The van der Waals surface area contributed by atoms with Crippen LogP contribution in [0.4, 0.5) is 11.6 Å². The van der Waals surface area contributed by atoms with E-state index in [2.05, 4.69) is 105 Å². The van der Waals surface area contributed by atoms with Gasteiger partial charge < -0.3 is 53.1 Å². The molecule has 0 bridgehead atoms. The zero-order chi connectivity index (χ0) is 83.8. The van der Waals surface area contributed by atoms with Gasteiger partial charge in [-0.3, -0.25) is 47.6 Å². The van der Waals surface area contributed by atoms with Crippen LogP contribution in [0.3, 0.4) is 0 Å². The van der Waals surface area contributed by atoms with Crippen molar-refractivity contribution in [3.63, 3.8) is 0 Å². The maximum absolute atomic E-state index is 12.2. The number of amides is 4. The van der Waals surface area contributed by atoms with Gasteiger partial charge in [-0.2, -0.15) is 25.5 Å². The molecule has 4 aromatic carbocycles. The van der Waals surface area contributed by atoms with Gasteiger partial charge in [-0.25, -0.2) is 9.97 Å². The lowest BCUT2D eigenvalue weighted by atomic mass is 9.97. The Hall–Kier alpha value is -11.3. The molecule has 22 rings (SSSR count). The Morgan fingerprint density at radius 3 is 1.07 bits per heavy atom.